The predicted molar refractivity (Wildman–Crippen MR) is 129 cm³/mol. The molecule has 2 heterocycles. The van der Waals surface area contributed by atoms with Crippen molar-refractivity contribution in [1.82, 2.24) is 14.8 Å². The zero-order valence-electron chi connectivity index (χ0n) is 17.7. The van der Waals surface area contributed by atoms with Crippen molar-refractivity contribution in [3.8, 4) is 22.4 Å². The molecule has 5 heteroatoms. The lowest BCUT2D eigenvalue weighted by molar-refractivity contribution is 0.104. The van der Waals surface area contributed by atoms with Crippen LogP contribution in [-0.4, -0.2) is 20.5 Å². The molecule has 5 aromatic rings. The number of nitrogens with zero attached hydrogens (tertiary/aromatic N) is 3. The van der Waals surface area contributed by atoms with Crippen molar-refractivity contribution in [2.45, 2.75) is 6.92 Å². The summed E-state index contributed by atoms with van der Waals surface area (Å²) in [5.41, 5.74) is 6.01. The summed E-state index contributed by atoms with van der Waals surface area (Å²) in [4.78, 5) is 19.0. The van der Waals surface area contributed by atoms with Gasteiger partial charge in [0.15, 0.2) is 11.4 Å². The van der Waals surface area contributed by atoms with Crippen molar-refractivity contribution >= 4 is 28.4 Å². The maximum absolute atomic E-state index is 14.0. The number of aryl methyl sites for hydroxylation is 2. The number of benzene rings is 3. The molecule has 0 aliphatic heterocycles. The van der Waals surface area contributed by atoms with Crippen LogP contribution in [0.5, 0.6) is 0 Å². The standard InChI is InChI=1S/C27H20ClN3O/c1-17-22-24(26(32)20-11-7-4-8-12-20)23(18-13-15-21(28)16-14-18)25(19-9-5-3-6-10-19)29-27(22)31(2)30-17/h3-16H,1-2H3. The lowest BCUT2D eigenvalue weighted by Gasteiger charge is -2.16. The highest BCUT2D eigenvalue weighted by atomic mass is 35.5. The summed E-state index contributed by atoms with van der Waals surface area (Å²) in [6, 6.07) is 26.8. The minimum absolute atomic E-state index is 0.0590. The average Bonchev–Trinajstić information content (AvgIpc) is 3.12. The van der Waals surface area contributed by atoms with Gasteiger partial charge in [-0.2, -0.15) is 5.10 Å². The van der Waals surface area contributed by atoms with Crippen molar-refractivity contribution in [1.29, 1.82) is 0 Å². The van der Waals surface area contributed by atoms with Crippen LogP contribution in [0, 0.1) is 6.92 Å². The molecule has 156 valence electrons. The molecule has 0 radical (unpaired) electrons. The van der Waals surface area contributed by atoms with Gasteiger partial charge in [0.05, 0.1) is 16.8 Å². The number of fused-ring (bicyclic) bond motifs is 1. The van der Waals surface area contributed by atoms with Gasteiger partial charge in [-0.1, -0.05) is 84.4 Å². The molecule has 5 rings (SSSR count). The highest BCUT2D eigenvalue weighted by molar-refractivity contribution is 6.30. The Kier molecular flexibility index (Phi) is 5.08. The molecule has 0 bridgehead atoms. The summed E-state index contributed by atoms with van der Waals surface area (Å²) < 4.78 is 1.74. The van der Waals surface area contributed by atoms with Crippen molar-refractivity contribution in [3.63, 3.8) is 0 Å². The van der Waals surface area contributed by atoms with Gasteiger partial charge < -0.3 is 0 Å². The summed E-state index contributed by atoms with van der Waals surface area (Å²) in [5, 5.41) is 6.00. The molecule has 0 N–H and O–H groups in total. The van der Waals surface area contributed by atoms with Crippen LogP contribution in [0.3, 0.4) is 0 Å². The van der Waals surface area contributed by atoms with Crippen molar-refractivity contribution in [3.05, 3.63) is 107 Å². The van der Waals surface area contributed by atoms with E-state index in [2.05, 4.69) is 5.10 Å². The summed E-state index contributed by atoms with van der Waals surface area (Å²) in [6.45, 7) is 1.92. The molecule has 0 saturated carbocycles. The summed E-state index contributed by atoms with van der Waals surface area (Å²) in [7, 11) is 1.86. The Morgan fingerprint density at radius 1 is 0.844 bits per heavy atom. The van der Waals surface area contributed by atoms with E-state index in [1.165, 1.54) is 0 Å². The maximum atomic E-state index is 14.0. The van der Waals surface area contributed by atoms with E-state index in [1.807, 2.05) is 98.9 Å². The molecular weight excluding hydrogens is 418 g/mol. The Labute approximate surface area is 191 Å². The highest BCUT2D eigenvalue weighted by Crippen LogP contribution is 2.40. The largest absolute Gasteiger partial charge is 0.289 e. The summed E-state index contributed by atoms with van der Waals surface area (Å²) >= 11 is 6.18. The molecule has 0 fully saturated rings. The zero-order valence-corrected chi connectivity index (χ0v) is 18.5. The first kappa shape index (κ1) is 20.2. The number of ketones is 1. The highest BCUT2D eigenvalue weighted by Gasteiger charge is 2.26. The second-order valence-corrected chi connectivity index (χ2v) is 8.12. The van der Waals surface area contributed by atoms with E-state index in [-0.39, 0.29) is 5.78 Å². The minimum Gasteiger partial charge on any atom is -0.289 e. The number of carbonyl (C=O) groups excluding carboxylic acids is 1. The topological polar surface area (TPSA) is 47.8 Å². The Hall–Kier alpha value is -3.76. The SMILES string of the molecule is Cc1nn(C)c2nc(-c3ccccc3)c(-c3ccc(Cl)cc3)c(C(=O)c3ccccc3)c12. The second kappa shape index (κ2) is 8.06. The smallest absolute Gasteiger partial charge is 0.194 e. The maximum Gasteiger partial charge on any atom is 0.194 e. The van der Waals surface area contributed by atoms with E-state index < -0.39 is 0 Å². The van der Waals surface area contributed by atoms with Gasteiger partial charge >= 0.3 is 0 Å². The number of aromatic nitrogens is 3. The molecule has 0 saturated heterocycles. The second-order valence-electron chi connectivity index (χ2n) is 7.69. The van der Waals surface area contributed by atoms with Crippen molar-refractivity contribution in [2.75, 3.05) is 0 Å². The molecule has 3 aromatic carbocycles. The Morgan fingerprint density at radius 3 is 2.12 bits per heavy atom. The van der Waals surface area contributed by atoms with E-state index in [9.17, 15) is 4.79 Å². The molecule has 0 aliphatic rings. The fourth-order valence-electron chi connectivity index (χ4n) is 4.14. The number of halogens is 1. The van der Waals surface area contributed by atoms with Gasteiger partial charge in [0.2, 0.25) is 0 Å². The Morgan fingerprint density at radius 2 is 1.47 bits per heavy atom. The van der Waals surface area contributed by atoms with Gasteiger partial charge in [0.1, 0.15) is 0 Å². The molecule has 2 aromatic heterocycles. The molecule has 0 amide bonds. The van der Waals surface area contributed by atoms with E-state index in [0.717, 1.165) is 33.5 Å². The fourth-order valence-corrected chi connectivity index (χ4v) is 4.26. The van der Waals surface area contributed by atoms with E-state index in [4.69, 9.17) is 16.6 Å². The van der Waals surface area contributed by atoms with Gasteiger partial charge in [-0.15, -0.1) is 0 Å². The minimum atomic E-state index is -0.0590. The zero-order chi connectivity index (χ0) is 22.2. The first-order chi connectivity index (χ1) is 15.5. The van der Waals surface area contributed by atoms with Crippen LogP contribution < -0.4 is 0 Å². The van der Waals surface area contributed by atoms with Crippen LogP contribution >= 0.6 is 11.6 Å². The van der Waals surface area contributed by atoms with Gasteiger partial charge in [-0.05, 0) is 24.6 Å². The van der Waals surface area contributed by atoms with Gasteiger partial charge in [-0.25, -0.2) is 4.98 Å². The van der Waals surface area contributed by atoms with E-state index in [1.54, 1.807) is 4.68 Å². The normalized spacial score (nSPS) is 11.1. The van der Waals surface area contributed by atoms with Crippen LogP contribution in [-0.2, 0) is 7.05 Å². The monoisotopic (exact) mass is 437 g/mol. The lowest BCUT2D eigenvalue weighted by atomic mass is 9.88. The number of carbonyl (C=O) groups is 1. The molecule has 0 spiro atoms. The average molecular weight is 438 g/mol. The van der Waals surface area contributed by atoms with E-state index in [0.29, 0.717) is 21.8 Å². The number of hydrogen-bond acceptors (Lipinski definition) is 3. The first-order valence-corrected chi connectivity index (χ1v) is 10.7. The van der Waals surface area contributed by atoms with Crippen LogP contribution in [0.15, 0.2) is 84.9 Å². The van der Waals surface area contributed by atoms with Crippen molar-refractivity contribution < 1.29 is 4.79 Å². The van der Waals surface area contributed by atoms with Crippen LogP contribution in [0.4, 0.5) is 0 Å². The summed E-state index contributed by atoms with van der Waals surface area (Å²) in [5.74, 6) is -0.0590. The molecule has 0 atom stereocenters. The Bertz CT molecular complexity index is 1440. The van der Waals surface area contributed by atoms with Gasteiger partial charge in [0, 0.05) is 34.3 Å². The van der Waals surface area contributed by atoms with E-state index >= 15 is 0 Å². The number of hydrogen-bond donors (Lipinski definition) is 0. The summed E-state index contributed by atoms with van der Waals surface area (Å²) in [6.07, 6.45) is 0. The molecule has 4 nitrogen and oxygen atoms in total. The first-order valence-electron chi connectivity index (χ1n) is 10.3. The molecule has 32 heavy (non-hydrogen) atoms. The Balaban J connectivity index is 1.95. The van der Waals surface area contributed by atoms with Crippen LogP contribution in [0.1, 0.15) is 21.6 Å². The predicted octanol–water partition coefficient (Wildman–Crippen LogP) is 6.50. The third-order valence-corrected chi connectivity index (χ3v) is 5.84. The molecular formula is C27H20ClN3O. The van der Waals surface area contributed by atoms with Gasteiger partial charge in [-0.3, -0.25) is 9.48 Å². The van der Waals surface area contributed by atoms with Crippen LogP contribution in [0.2, 0.25) is 5.02 Å². The fraction of sp³-hybridized carbons (Fsp3) is 0.0741. The number of rotatable bonds is 4. The third kappa shape index (κ3) is 3.39. The van der Waals surface area contributed by atoms with Crippen LogP contribution in [0.25, 0.3) is 33.4 Å². The molecule has 0 unspecified atom stereocenters. The number of pyridine rings is 1. The third-order valence-electron chi connectivity index (χ3n) is 5.59. The van der Waals surface area contributed by atoms with Gasteiger partial charge in [0.25, 0.3) is 0 Å². The quantitative estimate of drug-likeness (QED) is 0.302. The van der Waals surface area contributed by atoms with Crippen molar-refractivity contribution in [2.24, 2.45) is 7.05 Å². The molecule has 0 aliphatic carbocycles. The lowest BCUT2D eigenvalue weighted by Crippen LogP contribution is -2.08.